The van der Waals surface area contributed by atoms with Gasteiger partial charge in [-0.15, -0.1) is 0 Å². The van der Waals surface area contributed by atoms with E-state index in [0.717, 1.165) is 28.8 Å². The summed E-state index contributed by atoms with van der Waals surface area (Å²) in [6.45, 7) is 1.63. The highest BCUT2D eigenvalue weighted by Gasteiger charge is 2.13. The number of nitrogens with zero attached hydrogens (tertiary/aromatic N) is 2. The number of anilines is 1. The van der Waals surface area contributed by atoms with Gasteiger partial charge in [-0.2, -0.15) is 12.7 Å². The number of rotatable bonds is 4. The summed E-state index contributed by atoms with van der Waals surface area (Å²) >= 11 is 0. The molecule has 0 saturated heterocycles. The van der Waals surface area contributed by atoms with Crippen LogP contribution < -0.4 is 10.0 Å². The molecule has 98 valence electrons. The number of benzene rings is 1. The monoisotopic (exact) mass is 268 g/mol. The molecule has 0 saturated carbocycles. The van der Waals surface area contributed by atoms with Crippen molar-refractivity contribution in [3.63, 3.8) is 0 Å². The van der Waals surface area contributed by atoms with Gasteiger partial charge in [-0.3, -0.25) is 9.71 Å². The third-order valence-electron chi connectivity index (χ3n) is 2.56. The molecule has 1 aromatic carbocycles. The van der Waals surface area contributed by atoms with Crippen LogP contribution in [0.4, 0.5) is 5.69 Å². The van der Waals surface area contributed by atoms with Gasteiger partial charge < -0.3 is 5.32 Å². The van der Waals surface area contributed by atoms with Crippen LogP contribution in [0.15, 0.2) is 29.3 Å². The first-order chi connectivity index (χ1) is 8.49. The smallest absolute Gasteiger partial charge is 0.301 e. The molecule has 2 N–H and O–H groups in total. The third kappa shape index (κ3) is 2.80. The largest absolute Gasteiger partial charge is 0.368 e. The fourth-order valence-electron chi connectivity index (χ4n) is 1.53. The Morgan fingerprint density at radius 1 is 1.28 bits per heavy atom. The van der Waals surface area contributed by atoms with E-state index in [1.54, 1.807) is 12.1 Å². The maximum atomic E-state index is 11.6. The average Bonchev–Trinajstić information content (AvgIpc) is 2.83. The molecular formula is C11H16N4O2S. The lowest BCUT2D eigenvalue weighted by Crippen LogP contribution is -2.28. The molecule has 0 radical (unpaired) electrons. The number of amidine groups is 1. The van der Waals surface area contributed by atoms with Crippen molar-refractivity contribution in [3.05, 3.63) is 29.8 Å². The Hall–Kier alpha value is -1.60. The summed E-state index contributed by atoms with van der Waals surface area (Å²) in [5, 5.41) is 3.16. The van der Waals surface area contributed by atoms with Gasteiger partial charge in [0.15, 0.2) is 0 Å². The summed E-state index contributed by atoms with van der Waals surface area (Å²) in [5.41, 5.74) is 1.49. The number of hydrogen-bond acceptors (Lipinski definition) is 4. The van der Waals surface area contributed by atoms with E-state index in [1.807, 2.05) is 12.1 Å². The molecule has 0 bridgehead atoms. The van der Waals surface area contributed by atoms with Crippen molar-refractivity contribution < 1.29 is 8.42 Å². The summed E-state index contributed by atoms with van der Waals surface area (Å²) in [7, 11) is -0.486. The second-order valence-corrected chi connectivity index (χ2v) is 6.01. The molecular weight excluding hydrogens is 252 g/mol. The van der Waals surface area contributed by atoms with Gasteiger partial charge in [0.25, 0.3) is 0 Å². The standard InChI is InChI=1S/C11H16N4O2S/c1-15(2)18(16,17)14-10-5-3-9(4-6-10)11-12-7-8-13-11/h3-6,14H,7-8H2,1-2H3,(H,12,13). The van der Waals surface area contributed by atoms with Crippen LogP contribution in [0.2, 0.25) is 0 Å². The van der Waals surface area contributed by atoms with Crippen molar-refractivity contribution in [2.45, 2.75) is 0 Å². The van der Waals surface area contributed by atoms with Crippen LogP contribution in [0.1, 0.15) is 5.56 Å². The van der Waals surface area contributed by atoms with Crippen LogP contribution in [0.25, 0.3) is 0 Å². The Labute approximate surface area is 107 Å². The molecule has 0 aromatic heterocycles. The minimum Gasteiger partial charge on any atom is -0.368 e. The molecule has 0 spiro atoms. The van der Waals surface area contributed by atoms with Gasteiger partial charge >= 0.3 is 10.2 Å². The van der Waals surface area contributed by atoms with E-state index in [-0.39, 0.29) is 0 Å². The van der Waals surface area contributed by atoms with Gasteiger partial charge in [-0.25, -0.2) is 0 Å². The lowest BCUT2D eigenvalue weighted by atomic mass is 10.2. The van der Waals surface area contributed by atoms with Crippen LogP contribution in [0, 0.1) is 0 Å². The van der Waals surface area contributed by atoms with E-state index in [1.165, 1.54) is 14.1 Å². The molecule has 0 atom stereocenters. The summed E-state index contributed by atoms with van der Waals surface area (Å²) in [4.78, 5) is 4.30. The van der Waals surface area contributed by atoms with Crippen molar-refractivity contribution in [1.29, 1.82) is 0 Å². The van der Waals surface area contributed by atoms with Gasteiger partial charge in [0.1, 0.15) is 5.84 Å². The first-order valence-corrected chi connectivity index (χ1v) is 7.02. The lowest BCUT2D eigenvalue weighted by Gasteiger charge is -2.13. The van der Waals surface area contributed by atoms with Gasteiger partial charge in [0.05, 0.1) is 6.54 Å². The second kappa shape index (κ2) is 4.95. The summed E-state index contributed by atoms with van der Waals surface area (Å²) in [6.07, 6.45) is 0. The fourth-order valence-corrected chi connectivity index (χ4v) is 2.14. The van der Waals surface area contributed by atoms with Crippen LogP contribution in [-0.4, -0.2) is 45.7 Å². The lowest BCUT2D eigenvalue weighted by molar-refractivity contribution is 0.527. The predicted molar refractivity (Wildman–Crippen MR) is 72.1 cm³/mol. The predicted octanol–water partition coefficient (Wildman–Crippen LogP) is 0.255. The number of hydrogen-bond donors (Lipinski definition) is 2. The minimum absolute atomic E-state index is 0.533. The highest BCUT2D eigenvalue weighted by molar-refractivity contribution is 7.90. The molecule has 6 nitrogen and oxygen atoms in total. The van der Waals surface area contributed by atoms with E-state index >= 15 is 0 Å². The van der Waals surface area contributed by atoms with Gasteiger partial charge in [-0.05, 0) is 24.3 Å². The quantitative estimate of drug-likeness (QED) is 0.822. The Balaban J connectivity index is 2.13. The van der Waals surface area contributed by atoms with Crippen molar-refractivity contribution in [2.24, 2.45) is 4.99 Å². The minimum atomic E-state index is -3.45. The topological polar surface area (TPSA) is 73.8 Å². The van der Waals surface area contributed by atoms with Gasteiger partial charge in [0.2, 0.25) is 0 Å². The molecule has 0 fully saturated rings. The molecule has 7 heteroatoms. The SMILES string of the molecule is CN(C)S(=O)(=O)Nc1ccc(C2=NCCN2)cc1. The molecule has 1 aliphatic rings. The van der Waals surface area contributed by atoms with E-state index in [0.29, 0.717) is 5.69 Å². The second-order valence-electron chi connectivity index (χ2n) is 4.12. The van der Waals surface area contributed by atoms with Crippen LogP contribution in [0.3, 0.4) is 0 Å². The molecule has 0 amide bonds. The molecule has 1 aromatic rings. The van der Waals surface area contributed by atoms with Crippen molar-refractivity contribution in [1.82, 2.24) is 9.62 Å². The average molecular weight is 268 g/mol. The Morgan fingerprint density at radius 2 is 1.94 bits per heavy atom. The summed E-state index contributed by atoms with van der Waals surface area (Å²) in [6, 6.07) is 7.12. The van der Waals surface area contributed by atoms with Crippen LogP contribution in [0.5, 0.6) is 0 Å². The van der Waals surface area contributed by atoms with Gasteiger partial charge in [0, 0.05) is 31.9 Å². The molecule has 0 unspecified atom stereocenters. The van der Waals surface area contributed by atoms with E-state index in [2.05, 4.69) is 15.0 Å². The highest BCUT2D eigenvalue weighted by Crippen LogP contribution is 2.13. The van der Waals surface area contributed by atoms with E-state index in [4.69, 9.17) is 0 Å². The Kier molecular flexibility index (Phi) is 3.53. The zero-order chi connectivity index (χ0) is 13.2. The highest BCUT2D eigenvalue weighted by atomic mass is 32.2. The van der Waals surface area contributed by atoms with Gasteiger partial charge in [-0.1, -0.05) is 0 Å². The van der Waals surface area contributed by atoms with Crippen LogP contribution >= 0.6 is 0 Å². The molecule has 18 heavy (non-hydrogen) atoms. The van der Waals surface area contributed by atoms with E-state index in [9.17, 15) is 8.42 Å². The zero-order valence-electron chi connectivity index (χ0n) is 10.3. The fraction of sp³-hybridized carbons (Fsp3) is 0.364. The third-order valence-corrected chi connectivity index (χ3v) is 4.02. The molecule has 1 heterocycles. The maximum Gasteiger partial charge on any atom is 0.301 e. The van der Waals surface area contributed by atoms with Crippen LogP contribution in [-0.2, 0) is 10.2 Å². The number of nitrogens with one attached hydrogen (secondary N) is 2. The maximum absolute atomic E-state index is 11.6. The zero-order valence-corrected chi connectivity index (χ0v) is 11.2. The molecule has 0 aliphatic carbocycles. The van der Waals surface area contributed by atoms with E-state index < -0.39 is 10.2 Å². The number of aliphatic imine (C=N–C) groups is 1. The summed E-state index contributed by atoms with van der Waals surface area (Å²) < 4.78 is 26.8. The normalized spacial score (nSPS) is 15.4. The van der Waals surface area contributed by atoms with Crippen molar-refractivity contribution in [3.8, 4) is 0 Å². The van der Waals surface area contributed by atoms with Crippen molar-refractivity contribution in [2.75, 3.05) is 31.9 Å². The Bertz CT molecular complexity index is 549. The Morgan fingerprint density at radius 3 is 2.44 bits per heavy atom. The molecule has 2 rings (SSSR count). The first-order valence-electron chi connectivity index (χ1n) is 5.58. The molecule has 1 aliphatic heterocycles. The van der Waals surface area contributed by atoms with Crippen molar-refractivity contribution >= 4 is 21.7 Å². The summed E-state index contributed by atoms with van der Waals surface area (Å²) in [5.74, 6) is 0.858. The first kappa shape index (κ1) is 12.8.